The van der Waals surface area contributed by atoms with Crippen molar-refractivity contribution < 1.29 is 24.2 Å². The maximum atomic E-state index is 16.2. The number of urea groups is 1. The first kappa shape index (κ1) is 26.8. The minimum Gasteiger partial charge on any atom is -0.385 e. The van der Waals surface area contributed by atoms with Gasteiger partial charge in [0.15, 0.2) is 0 Å². The van der Waals surface area contributed by atoms with Crippen molar-refractivity contribution in [1.29, 1.82) is 0 Å². The van der Waals surface area contributed by atoms with Crippen molar-refractivity contribution in [1.82, 2.24) is 15.2 Å². The number of rotatable bonds is 5. The fraction of sp³-hybridized carbons (Fsp3) is 0.452. The fourth-order valence-electron chi connectivity index (χ4n) is 6.47. The Morgan fingerprint density at radius 2 is 1.77 bits per heavy atom. The first-order valence-electron chi connectivity index (χ1n) is 14.0. The molecule has 3 N–H and O–H groups in total. The standard InChI is InChI=1S/C31H35FN4O4/c1-29(2)19-35(18-20-4-6-21(7-5-20)30(39)11-3-12-30)15-13-31(29,40)24-8-9-25-23(27(24)32)16-22(17-33-25)36-14-10-26(37)34-28(36)38/h4-9,16-17,39-40H,3,10-15,18-19H2,1-2H3,(H,34,37,38)/t31-/m0/s1. The lowest BCUT2D eigenvalue weighted by Crippen LogP contribution is -2.55. The van der Waals surface area contributed by atoms with E-state index in [0.29, 0.717) is 37.3 Å². The van der Waals surface area contributed by atoms with E-state index >= 15 is 4.39 Å². The van der Waals surface area contributed by atoms with Gasteiger partial charge in [-0.05, 0) is 48.9 Å². The van der Waals surface area contributed by atoms with Crippen molar-refractivity contribution in [2.24, 2.45) is 5.41 Å². The van der Waals surface area contributed by atoms with E-state index in [1.54, 1.807) is 18.2 Å². The Hall–Kier alpha value is -3.40. The lowest BCUT2D eigenvalue weighted by molar-refractivity contribution is -0.128. The van der Waals surface area contributed by atoms with Crippen LogP contribution in [-0.2, 0) is 22.5 Å². The molecule has 1 saturated carbocycles. The van der Waals surface area contributed by atoms with E-state index < -0.39 is 28.5 Å². The quantitative estimate of drug-likeness (QED) is 0.441. The molecule has 8 nitrogen and oxygen atoms in total. The number of nitrogens with one attached hydrogen (secondary N) is 1. The number of benzene rings is 2. The highest BCUT2D eigenvalue weighted by molar-refractivity contribution is 6.06. The Labute approximate surface area is 232 Å². The molecule has 3 amide bonds. The molecule has 0 bridgehead atoms. The van der Waals surface area contributed by atoms with Crippen LogP contribution in [0.4, 0.5) is 14.9 Å². The molecule has 2 saturated heterocycles. The van der Waals surface area contributed by atoms with Crippen molar-refractivity contribution >= 4 is 28.5 Å². The second-order valence-corrected chi connectivity index (χ2v) is 12.2. The number of halogens is 1. The van der Waals surface area contributed by atoms with Crippen LogP contribution in [0.1, 0.15) is 62.6 Å². The summed E-state index contributed by atoms with van der Waals surface area (Å²) in [5.74, 6) is -0.891. The number of hydrogen-bond donors (Lipinski definition) is 3. The molecule has 1 aromatic heterocycles. The number of piperidine rings is 1. The first-order valence-corrected chi connectivity index (χ1v) is 14.0. The van der Waals surface area contributed by atoms with Crippen LogP contribution >= 0.6 is 0 Å². The fourth-order valence-corrected chi connectivity index (χ4v) is 6.47. The maximum Gasteiger partial charge on any atom is 0.328 e. The number of pyridine rings is 1. The van der Waals surface area contributed by atoms with Crippen LogP contribution in [-0.4, -0.2) is 51.7 Å². The number of aromatic nitrogens is 1. The number of likely N-dealkylation sites (tertiary alicyclic amines) is 1. The Morgan fingerprint density at radius 1 is 1.02 bits per heavy atom. The monoisotopic (exact) mass is 546 g/mol. The van der Waals surface area contributed by atoms with Gasteiger partial charge in [0.25, 0.3) is 0 Å². The summed E-state index contributed by atoms with van der Waals surface area (Å²) in [6, 6.07) is 12.5. The maximum absolute atomic E-state index is 16.2. The molecule has 210 valence electrons. The van der Waals surface area contributed by atoms with Crippen molar-refractivity contribution in [2.45, 2.75) is 63.7 Å². The predicted octanol–water partition coefficient (Wildman–Crippen LogP) is 4.31. The van der Waals surface area contributed by atoms with Gasteiger partial charge in [0, 0.05) is 49.0 Å². The van der Waals surface area contributed by atoms with Crippen LogP contribution in [0.5, 0.6) is 0 Å². The highest BCUT2D eigenvalue weighted by Gasteiger charge is 2.50. The van der Waals surface area contributed by atoms with E-state index in [9.17, 15) is 19.8 Å². The zero-order valence-electron chi connectivity index (χ0n) is 22.9. The van der Waals surface area contributed by atoms with Gasteiger partial charge in [0.1, 0.15) is 5.82 Å². The molecule has 1 aliphatic carbocycles. The molecule has 6 rings (SSSR count). The largest absolute Gasteiger partial charge is 0.385 e. The van der Waals surface area contributed by atoms with E-state index in [1.165, 1.54) is 11.1 Å². The van der Waals surface area contributed by atoms with E-state index in [4.69, 9.17) is 0 Å². The van der Waals surface area contributed by atoms with Gasteiger partial charge in [-0.2, -0.15) is 0 Å². The van der Waals surface area contributed by atoms with Gasteiger partial charge < -0.3 is 10.2 Å². The second-order valence-electron chi connectivity index (χ2n) is 12.2. The lowest BCUT2D eigenvalue weighted by atomic mass is 9.66. The van der Waals surface area contributed by atoms with Gasteiger partial charge >= 0.3 is 6.03 Å². The molecule has 40 heavy (non-hydrogen) atoms. The second kappa shape index (κ2) is 9.61. The summed E-state index contributed by atoms with van der Waals surface area (Å²) in [5, 5.41) is 25.1. The van der Waals surface area contributed by atoms with E-state index in [1.807, 2.05) is 26.0 Å². The van der Waals surface area contributed by atoms with Gasteiger partial charge in [-0.25, -0.2) is 9.18 Å². The van der Waals surface area contributed by atoms with Crippen LogP contribution in [0.3, 0.4) is 0 Å². The molecule has 0 spiro atoms. The number of aliphatic hydroxyl groups is 2. The van der Waals surface area contributed by atoms with Gasteiger partial charge in [-0.1, -0.05) is 44.2 Å². The van der Waals surface area contributed by atoms with Crippen molar-refractivity contribution in [3.05, 3.63) is 71.2 Å². The number of carbonyl (C=O) groups is 2. The molecule has 3 fully saturated rings. The lowest BCUT2D eigenvalue weighted by Gasteiger charge is -2.50. The first-order chi connectivity index (χ1) is 19.0. The summed E-state index contributed by atoms with van der Waals surface area (Å²) in [6.07, 6.45) is 4.67. The summed E-state index contributed by atoms with van der Waals surface area (Å²) >= 11 is 0. The molecule has 1 atom stereocenters. The topological polar surface area (TPSA) is 106 Å². The number of fused-ring (bicyclic) bond motifs is 1. The van der Waals surface area contributed by atoms with Gasteiger partial charge in [0.05, 0.1) is 28.6 Å². The Kier molecular flexibility index (Phi) is 6.44. The van der Waals surface area contributed by atoms with Crippen molar-refractivity contribution in [2.75, 3.05) is 24.5 Å². The summed E-state index contributed by atoms with van der Waals surface area (Å²) < 4.78 is 16.2. The Bertz CT molecular complexity index is 1490. The van der Waals surface area contributed by atoms with Crippen LogP contribution in [0.2, 0.25) is 0 Å². The number of anilines is 1. The third kappa shape index (κ3) is 4.46. The van der Waals surface area contributed by atoms with Gasteiger partial charge in [0.2, 0.25) is 5.91 Å². The zero-order valence-corrected chi connectivity index (χ0v) is 22.9. The zero-order chi connectivity index (χ0) is 28.3. The Balaban J connectivity index is 1.23. The normalized spacial score (nSPS) is 24.6. The number of imide groups is 1. The molecular formula is C31H35FN4O4. The third-order valence-electron chi connectivity index (χ3n) is 9.20. The van der Waals surface area contributed by atoms with Crippen LogP contribution in [0.15, 0.2) is 48.7 Å². The number of carbonyl (C=O) groups excluding carboxylic acids is 2. The number of amides is 3. The average Bonchev–Trinajstić information content (AvgIpc) is 2.90. The van der Waals surface area contributed by atoms with E-state index in [2.05, 4.69) is 27.3 Å². The van der Waals surface area contributed by atoms with Crippen molar-refractivity contribution in [3.63, 3.8) is 0 Å². The number of hydrogen-bond acceptors (Lipinski definition) is 6. The van der Waals surface area contributed by atoms with Gasteiger partial charge in [-0.3, -0.25) is 24.9 Å². The minimum atomic E-state index is -1.41. The smallest absolute Gasteiger partial charge is 0.328 e. The highest BCUT2D eigenvalue weighted by atomic mass is 19.1. The van der Waals surface area contributed by atoms with Crippen LogP contribution in [0.25, 0.3) is 10.9 Å². The summed E-state index contributed by atoms with van der Waals surface area (Å²) in [6.45, 7) is 5.96. The molecule has 3 aliphatic rings. The predicted molar refractivity (Wildman–Crippen MR) is 149 cm³/mol. The number of nitrogens with zero attached hydrogens (tertiary/aromatic N) is 3. The molecule has 2 aromatic carbocycles. The highest BCUT2D eigenvalue weighted by Crippen LogP contribution is 2.48. The molecular weight excluding hydrogens is 511 g/mol. The third-order valence-corrected chi connectivity index (χ3v) is 9.20. The van der Waals surface area contributed by atoms with E-state index in [-0.39, 0.29) is 29.8 Å². The summed E-state index contributed by atoms with van der Waals surface area (Å²) in [7, 11) is 0. The molecule has 3 aromatic rings. The van der Waals surface area contributed by atoms with Gasteiger partial charge in [-0.15, -0.1) is 0 Å². The molecule has 9 heteroatoms. The summed E-state index contributed by atoms with van der Waals surface area (Å²) in [4.78, 5) is 31.9. The van der Waals surface area contributed by atoms with E-state index in [0.717, 1.165) is 30.4 Å². The average molecular weight is 547 g/mol. The minimum absolute atomic E-state index is 0.156. The molecule has 0 radical (unpaired) electrons. The van der Waals surface area contributed by atoms with Crippen molar-refractivity contribution in [3.8, 4) is 0 Å². The van der Waals surface area contributed by atoms with Crippen LogP contribution in [0, 0.1) is 11.2 Å². The SMILES string of the molecule is CC1(C)CN(Cc2ccc(C3(O)CCC3)cc2)CC[C@]1(O)c1ccc2ncc(N3CCC(=O)NC3=O)cc2c1F. The summed E-state index contributed by atoms with van der Waals surface area (Å²) in [5.41, 5.74) is 0.379. The van der Waals surface area contributed by atoms with Crippen LogP contribution < -0.4 is 10.2 Å². The molecule has 2 aliphatic heterocycles. The Morgan fingerprint density at radius 3 is 2.42 bits per heavy atom. The molecule has 0 unspecified atom stereocenters. The molecule has 3 heterocycles.